The summed E-state index contributed by atoms with van der Waals surface area (Å²) in [5.41, 5.74) is 2.62. The quantitative estimate of drug-likeness (QED) is 0.599. The molecule has 7 heteroatoms. The molecule has 6 nitrogen and oxygen atoms in total. The third-order valence-electron chi connectivity index (χ3n) is 4.56. The lowest BCUT2D eigenvalue weighted by Crippen LogP contribution is -2.30. The van der Waals surface area contributed by atoms with Gasteiger partial charge in [0.25, 0.3) is 0 Å². The van der Waals surface area contributed by atoms with Gasteiger partial charge in [0.15, 0.2) is 0 Å². The molecule has 3 rings (SSSR count). The van der Waals surface area contributed by atoms with Gasteiger partial charge >= 0.3 is 0 Å². The first-order valence-corrected chi connectivity index (χ1v) is 10.8. The Morgan fingerprint density at radius 3 is 2.28 bits per heavy atom. The number of hydrogen-bond acceptors (Lipinski definition) is 4. The number of aryl methyl sites for hydroxylation is 1. The Morgan fingerprint density at radius 2 is 1.66 bits per heavy atom. The molecule has 150 valence electrons. The Kier molecular flexibility index (Phi) is 6.74. The average molecular weight is 410 g/mol. The Labute approximate surface area is 171 Å². The van der Waals surface area contributed by atoms with Crippen molar-refractivity contribution in [1.29, 1.82) is 0 Å². The van der Waals surface area contributed by atoms with Crippen molar-refractivity contribution in [3.8, 4) is 0 Å². The van der Waals surface area contributed by atoms with Gasteiger partial charge in [0.1, 0.15) is 0 Å². The van der Waals surface area contributed by atoms with Crippen LogP contribution in [0.1, 0.15) is 29.3 Å². The molecule has 0 spiro atoms. The number of amides is 1. The maximum absolute atomic E-state index is 12.6. The van der Waals surface area contributed by atoms with Crippen molar-refractivity contribution in [3.63, 3.8) is 0 Å². The molecule has 0 saturated heterocycles. The number of nitrogens with zero attached hydrogens (tertiary/aromatic N) is 1. The van der Waals surface area contributed by atoms with Gasteiger partial charge in [-0.2, -0.15) is 0 Å². The van der Waals surface area contributed by atoms with E-state index in [4.69, 9.17) is 0 Å². The molecule has 1 unspecified atom stereocenters. The molecule has 2 N–H and O–H groups in total. The highest BCUT2D eigenvalue weighted by Gasteiger charge is 2.18. The number of carbonyl (C=O) groups excluding carboxylic acids is 1. The largest absolute Gasteiger partial charge is 0.344 e. The van der Waals surface area contributed by atoms with Crippen molar-refractivity contribution < 1.29 is 13.2 Å². The fourth-order valence-electron chi connectivity index (χ4n) is 2.96. The van der Waals surface area contributed by atoms with Crippen molar-refractivity contribution >= 4 is 15.9 Å². The van der Waals surface area contributed by atoms with E-state index in [-0.39, 0.29) is 23.3 Å². The average Bonchev–Trinajstić information content (AvgIpc) is 2.77. The topological polar surface area (TPSA) is 88.2 Å². The summed E-state index contributed by atoms with van der Waals surface area (Å²) in [5, 5.41) is 3.06. The molecule has 29 heavy (non-hydrogen) atoms. The number of benzene rings is 2. The molecule has 0 bridgehead atoms. The lowest BCUT2D eigenvalue weighted by atomic mass is 10.0. The molecule has 1 heterocycles. The molecule has 0 aliphatic carbocycles. The number of aromatic nitrogens is 1. The Morgan fingerprint density at radius 1 is 0.966 bits per heavy atom. The molecule has 1 aromatic heterocycles. The van der Waals surface area contributed by atoms with Gasteiger partial charge in [-0.25, -0.2) is 13.1 Å². The summed E-state index contributed by atoms with van der Waals surface area (Å²) in [4.78, 5) is 17.2. The number of carbonyl (C=O) groups is 1. The van der Waals surface area contributed by atoms with Crippen LogP contribution in [0.4, 0.5) is 0 Å². The Balaban J connectivity index is 1.67. The molecule has 1 amide bonds. The molecule has 0 fully saturated rings. The van der Waals surface area contributed by atoms with E-state index < -0.39 is 10.0 Å². The van der Waals surface area contributed by atoms with Crippen LogP contribution in [0.3, 0.4) is 0 Å². The van der Waals surface area contributed by atoms with Crippen molar-refractivity contribution in [1.82, 2.24) is 15.0 Å². The smallest absolute Gasteiger partial charge is 0.240 e. The summed E-state index contributed by atoms with van der Waals surface area (Å²) >= 11 is 0. The van der Waals surface area contributed by atoms with Crippen LogP contribution in [-0.4, -0.2) is 26.4 Å². The molecule has 0 aliphatic rings. The summed E-state index contributed by atoms with van der Waals surface area (Å²) in [6.07, 6.45) is 2.50. The van der Waals surface area contributed by atoms with Crippen LogP contribution in [0, 0.1) is 0 Å². The zero-order valence-electron chi connectivity index (χ0n) is 16.1. The molecule has 3 aromatic rings. The first-order valence-electron chi connectivity index (χ1n) is 9.27. The highest BCUT2D eigenvalue weighted by Crippen LogP contribution is 2.20. The summed E-state index contributed by atoms with van der Waals surface area (Å²) < 4.78 is 25.9. The third-order valence-corrected chi connectivity index (χ3v) is 6.00. The molecular weight excluding hydrogens is 386 g/mol. The summed E-state index contributed by atoms with van der Waals surface area (Å²) in [7, 11) is -2.09. The monoisotopic (exact) mass is 409 g/mol. The SMILES string of the molecule is CNS(=O)(=O)c1ccc(CCC(=O)NC(c2ccccc2)c2ccccn2)cc1. The second kappa shape index (κ2) is 9.45. The predicted molar refractivity (Wildman–Crippen MR) is 112 cm³/mol. The van der Waals surface area contributed by atoms with E-state index in [1.165, 1.54) is 7.05 Å². The van der Waals surface area contributed by atoms with Gasteiger partial charge in [0.2, 0.25) is 15.9 Å². The lowest BCUT2D eigenvalue weighted by Gasteiger charge is -2.19. The van der Waals surface area contributed by atoms with Crippen LogP contribution in [0.5, 0.6) is 0 Å². The first kappa shape index (κ1) is 20.7. The molecule has 0 saturated carbocycles. The van der Waals surface area contributed by atoms with Gasteiger partial charge in [0, 0.05) is 12.6 Å². The zero-order valence-corrected chi connectivity index (χ0v) is 16.9. The highest BCUT2D eigenvalue weighted by molar-refractivity contribution is 7.89. The number of hydrogen-bond donors (Lipinski definition) is 2. The summed E-state index contributed by atoms with van der Waals surface area (Å²) in [5.74, 6) is -0.101. The normalized spacial score (nSPS) is 12.3. The number of rotatable bonds is 8. The van der Waals surface area contributed by atoms with Gasteiger partial charge in [-0.05, 0) is 48.9 Å². The van der Waals surface area contributed by atoms with Gasteiger partial charge < -0.3 is 5.32 Å². The lowest BCUT2D eigenvalue weighted by molar-refractivity contribution is -0.121. The fraction of sp³-hybridized carbons (Fsp3) is 0.182. The second-order valence-electron chi connectivity index (χ2n) is 6.52. The summed E-state index contributed by atoms with van der Waals surface area (Å²) in [6.45, 7) is 0. The van der Waals surface area contributed by atoms with Crippen molar-refractivity contribution in [2.24, 2.45) is 0 Å². The van der Waals surface area contributed by atoms with Crippen LogP contribution in [-0.2, 0) is 21.2 Å². The van der Waals surface area contributed by atoms with Crippen LogP contribution >= 0.6 is 0 Å². The van der Waals surface area contributed by atoms with Gasteiger partial charge in [-0.3, -0.25) is 9.78 Å². The van der Waals surface area contributed by atoms with Crippen LogP contribution in [0.15, 0.2) is 83.9 Å². The fourth-order valence-corrected chi connectivity index (χ4v) is 3.69. The van der Waals surface area contributed by atoms with E-state index in [0.29, 0.717) is 6.42 Å². The van der Waals surface area contributed by atoms with Gasteiger partial charge in [0.05, 0.1) is 16.6 Å². The van der Waals surface area contributed by atoms with Gasteiger partial charge in [-0.1, -0.05) is 48.5 Å². The van der Waals surface area contributed by atoms with Crippen LogP contribution in [0.2, 0.25) is 0 Å². The van der Waals surface area contributed by atoms with E-state index in [2.05, 4.69) is 15.0 Å². The maximum Gasteiger partial charge on any atom is 0.240 e. The first-order chi connectivity index (χ1) is 14.0. The maximum atomic E-state index is 12.6. The minimum absolute atomic E-state index is 0.101. The van der Waals surface area contributed by atoms with Crippen molar-refractivity contribution in [2.45, 2.75) is 23.8 Å². The minimum Gasteiger partial charge on any atom is -0.344 e. The van der Waals surface area contributed by atoms with Gasteiger partial charge in [-0.15, -0.1) is 0 Å². The van der Waals surface area contributed by atoms with Crippen molar-refractivity contribution in [2.75, 3.05) is 7.05 Å². The second-order valence-corrected chi connectivity index (χ2v) is 8.40. The number of pyridine rings is 1. The molecule has 1 atom stereocenters. The van der Waals surface area contributed by atoms with E-state index >= 15 is 0 Å². The molecular formula is C22H23N3O3S. The Bertz CT molecular complexity index is 998. The van der Waals surface area contributed by atoms with Crippen LogP contribution in [0.25, 0.3) is 0 Å². The molecule has 2 aromatic carbocycles. The van der Waals surface area contributed by atoms with E-state index in [0.717, 1.165) is 16.8 Å². The van der Waals surface area contributed by atoms with Crippen LogP contribution < -0.4 is 10.0 Å². The van der Waals surface area contributed by atoms with Crippen molar-refractivity contribution in [3.05, 3.63) is 95.8 Å². The standard InChI is InChI=1S/C22H23N3O3S/c1-23-29(27,28)19-13-10-17(11-14-19)12-15-21(26)25-22(18-7-3-2-4-8-18)20-9-5-6-16-24-20/h2-11,13-14,16,22-23H,12,15H2,1H3,(H,25,26). The number of sulfonamides is 1. The van der Waals surface area contributed by atoms with E-state index in [1.54, 1.807) is 30.5 Å². The zero-order chi connectivity index (χ0) is 20.7. The third kappa shape index (κ3) is 5.49. The minimum atomic E-state index is -3.46. The van der Waals surface area contributed by atoms with E-state index in [1.807, 2.05) is 48.5 Å². The summed E-state index contributed by atoms with van der Waals surface area (Å²) in [6, 6.07) is 21.5. The highest BCUT2D eigenvalue weighted by atomic mass is 32.2. The Hall–Kier alpha value is -3.03. The molecule has 0 aliphatic heterocycles. The number of nitrogens with one attached hydrogen (secondary N) is 2. The molecule has 0 radical (unpaired) electrons. The van der Waals surface area contributed by atoms with E-state index in [9.17, 15) is 13.2 Å². The predicted octanol–water partition coefficient (Wildman–Crippen LogP) is 2.83.